The molecule has 2 aromatic heterocycles. The Morgan fingerprint density at radius 3 is 2.63 bits per heavy atom. The molecule has 1 saturated heterocycles. The molecule has 3 heterocycles. The highest BCUT2D eigenvalue weighted by Crippen LogP contribution is 2.33. The summed E-state index contributed by atoms with van der Waals surface area (Å²) in [6, 6.07) is 9.24. The molecule has 2 fully saturated rings. The number of benzene rings is 1. The molecule has 6 heteroatoms. The fourth-order valence-electron chi connectivity index (χ4n) is 4.70. The molecule has 1 N–H and O–H groups in total. The van der Waals surface area contributed by atoms with Crippen LogP contribution in [0.1, 0.15) is 42.9 Å². The molecule has 1 saturated carbocycles. The van der Waals surface area contributed by atoms with Crippen molar-refractivity contribution in [3.05, 3.63) is 47.8 Å². The quantitative estimate of drug-likeness (QED) is 0.656. The number of anilines is 2. The molecule has 0 radical (unpaired) electrons. The second-order valence-corrected chi connectivity index (χ2v) is 8.61. The maximum atomic E-state index is 5.43. The van der Waals surface area contributed by atoms with Crippen LogP contribution in [0.2, 0.25) is 0 Å². The third-order valence-corrected chi connectivity index (χ3v) is 6.52. The minimum atomic E-state index is 0.578. The Morgan fingerprint density at radius 2 is 1.87 bits per heavy atom. The van der Waals surface area contributed by atoms with Gasteiger partial charge in [-0.25, -0.2) is 4.98 Å². The van der Waals surface area contributed by atoms with Gasteiger partial charge >= 0.3 is 0 Å². The lowest BCUT2D eigenvalue weighted by atomic mass is 10.1. The van der Waals surface area contributed by atoms with E-state index in [4.69, 9.17) is 9.72 Å². The van der Waals surface area contributed by atoms with E-state index in [1.165, 1.54) is 36.8 Å². The van der Waals surface area contributed by atoms with E-state index in [-0.39, 0.29) is 0 Å². The third kappa shape index (κ3) is 4.20. The minimum Gasteiger partial charge on any atom is -0.379 e. The topological polar surface area (TPSA) is 55.2 Å². The largest absolute Gasteiger partial charge is 0.379 e. The van der Waals surface area contributed by atoms with Gasteiger partial charge in [-0.15, -0.1) is 0 Å². The second-order valence-electron chi connectivity index (χ2n) is 8.61. The van der Waals surface area contributed by atoms with Crippen LogP contribution in [-0.4, -0.2) is 52.3 Å². The van der Waals surface area contributed by atoms with Crippen LogP contribution in [0.5, 0.6) is 0 Å². The number of nitrogens with zero attached hydrogens (tertiary/aromatic N) is 4. The highest BCUT2D eigenvalue weighted by molar-refractivity contribution is 5.80. The number of rotatable bonds is 6. The first-order valence-corrected chi connectivity index (χ1v) is 11.3. The van der Waals surface area contributed by atoms with Gasteiger partial charge in [0.2, 0.25) is 5.95 Å². The molecule has 0 bridgehead atoms. The molecule has 1 aliphatic heterocycles. The van der Waals surface area contributed by atoms with Crippen molar-refractivity contribution in [1.82, 2.24) is 19.4 Å². The van der Waals surface area contributed by atoms with Crippen LogP contribution in [0.25, 0.3) is 11.0 Å². The smallest absolute Gasteiger partial charge is 0.229 e. The molecule has 30 heavy (non-hydrogen) atoms. The van der Waals surface area contributed by atoms with Crippen molar-refractivity contribution in [2.24, 2.45) is 0 Å². The molecular formula is C24H31N5O. The van der Waals surface area contributed by atoms with Crippen molar-refractivity contribution >= 4 is 22.7 Å². The molecular weight excluding hydrogens is 374 g/mol. The van der Waals surface area contributed by atoms with E-state index >= 15 is 0 Å². The highest BCUT2D eigenvalue weighted by atomic mass is 16.5. The van der Waals surface area contributed by atoms with Crippen molar-refractivity contribution in [3.8, 4) is 0 Å². The van der Waals surface area contributed by atoms with Crippen molar-refractivity contribution in [2.75, 3.05) is 38.2 Å². The maximum Gasteiger partial charge on any atom is 0.229 e. The van der Waals surface area contributed by atoms with Crippen LogP contribution < -0.4 is 5.32 Å². The van der Waals surface area contributed by atoms with Crippen molar-refractivity contribution in [2.45, 2.75) is 45.1 Å². The number of aryl methyl sites for hydroxylation is 1. The second kappa shape index (κ2) is 8.74. The Balaban J connectivity index is 1.27. The number of ether oxygens (including phenoxy) is 1. The van der Waals surface area contributed by atoms with Gasteiger partial charge in [-0.2, -0.15) is 4.98 Å². The summed E-state index contributed by atoms with van der Waals surface area (Å²) in [5.41, 5.74) is 4.70. The van der Waals surface area contributed by atoms with Gasteiger partial charge < -0.3 is 14.6 Å². The Labute approximate surface area is 178 Å². The average Bonchev–Trinajstić information content (AvgIpc) is 3.42. The summed E-state index contributed by atoms with van der Waals surface area (Å²) in [6.45, 7) is 7.05. The fraction of sp³-hybridized carbons (Fsp3) is 0.500. The summed E-state index contributed by atoms with van der Waals surface area (Å²) in [6.07, 6.45) is 10.4. The van der Waals surface area contributed by atoms with Gasteiger partial charge in [0.15, 0.2) is 0 Å². The zero-order chi connectivity index (χ0) is 20.3. The summed E-state index contributed by atoms with van der Waals surface area (Å²) < 4.78 is 7.80. The zero-order valence-corrected chi connectivity index (χ0v) is 17.8. The van der Waals surface area contributed by atoms with E-state index in [0.29, 0.717) is 12.0 Å². The van der Waals surface area contributed by atoms with Gasteiger partial charge in [-0.3, -0.25) is 4.90 Å². The van der Waals surface area contributed by atoms with Gasteiger partial charge in [0, 0.05) is 49.1 Å². The number of morpholine rings is 1. The number of nitrogens with one attached hydrogen (secondary N) is 1. The van der Waals surface area contributed by atoms with Crippen molar-refractivity contribution in [1.29, 1.82) is 0 Å². The minimum absolute atomic E-state index is 0.578. The summed E-state index contributed by atoms with van der Waals surface area (Å²) >= 11 is 0. The van der Waals surface area contributed by atoms with Crippen LogP contribution >= 0.6 is 0 Å². The fourth-order valence-corrected chi connectivity index (χ4v) is 4.70. The SMILES string of the molecule is Cc1cn(C2CCCC2)c2nc(Nc3ccc(CCN4CCOCC4)cc3)ncc12. The van der Waals surface area contributed by atoms with Gasteiger partial charge in [-0.1, -0.05) is 25.0 Å². The molecule has 0 spiro atoms. The molecule has 6 nitrogen and oxygen atoms in total. The molecule has 0 atom stereocenters. The number of hydrogen-bond acceptors (Lipinski definition) is 5. The first-order valence-electron chi connectivity index (χ1n) is 11.3. The number of hydrogen-bond donors (Lipinski definition) is 1. The summed E-state index contributed by atoms with van der Waals surface area (Å²) in [5, 5.41) is 4.55. The summed E-state index contributed by atoms with van der Waals surface area (Å²) in [4.78, 5) is 11.9. The number of aromatic nitrogens is 3. The Morgan fingerprint density at radius 1 is 1.10 bits per heavy atom. The molecule has 1 aliphatic carbocycles. The lowest BCUT2D eigenvalue weighted by Gasteiger charge is -2.26. The van der Waals surface area contributed by atoms with Gasteiger partial charge in [0.05, 0.1) is 13.2 Å². The van der Waals surface area contributed by atoms with E-state index in [2.05, 4.69) is 57.2 Å². The predicted molar refractivity (Wildman–Crippen MR) is 120 cm³/mol. The molecule has 158 valence electrons. The molecule has 2 aliphatic rings. The van der Waals surface area contributed by atoms with Gasteiger partial charge in [0.1, 0.15) is 5.65 Å². The van der Waals surface area contributed by atoms with E-state index < -0.39 is 0 Å². The molecule has 0 amide bonds. The normalized spacial score (nSPS) is 18.3. The lowest BCUT2D eigenvalue weighted by molar-refractivity contribution is 0.0384. The Kier molecular flexibility index (Phi) is 5.69. The van der Waals surface area contributed by atoms with Gasteiger partial charge in [-0.05, 0) is 49.4 Å². The molecule has 0 unspecified atom stereocenters. The number of fused-ring (bicyclic) bond motifs is 1. The Hall–Kier alpha value is -2.44. The van der Waals surface area contributed by atoms with E-state index in [9.17, 15) is 0 Å². The summed E-state index contributed by atoms with van der Waals surface area (Å²) in [7, 11) is 0. The third-order valence-electron chi connectivity index (χ3n) is 6.52. The lowest BCUT2D eigenvalue weighted by Crippen LogP contribution is -2.37. The highest BCUT2D eigenvalue weighted by Gasteiger charge is 2.20. The first kappa shape index (κ1) is 19.5. The van der Waals surface area contributed by atoms with Gasteiger partial charge in [0.25, 0.3) is 0 Å². The van der Waals surface area contributed by atoms with E-state index in [1.54, 1.807) is 0 Å². The van der Waals surface area contributed by atoms with Crippen LogP contribution in [0, 0.1) is 6.92 Å². The summed E-state index contributed by atoms with van der Waals surface area (Å²) in [5.74, 6) is 0.668. The van der Waals surface area contributed by atoms with Crippen molar-refractivity contribution < 1.29 is 4.74 Å². The van der Waals surface area contributed by atoms with Crippen LogP contribution in [-0.2, 0) is 11.2 Å². The molecule has 1 aromatic carbocycles. The molecule has 3 aromatic rings. The average molecular weight is 406 g/mol. The molecule has 5 rings (SSSR count). The Bertz CT molecular complexity index is 985. The monoisotopic (exact) mass is 405 g/mol. The van der Waals surface area contributed by atoms with Crippen LogP contribution in [0.3, 0.4) is 0 Å². The van der Waals surface area contributed by atoms with E-state index in [0.717, 1.165) is 56.0 Å². The zero-order valence-electron chi connectivity index (χ0n) is 17.8. The first-order chi connectivity index (χ1) is 14.8. The maximum absolute atomic E-state index is 5.43. The predicted octanol–water partition coefficient (Wildman–Crippen LogP) is 4.47. The van der Waals surface area contributed by atoms with Crippen molar-refractivity contribution in [3.63, 3.8) is 0 Å². The van der Waals surface area contributed by atoms with Crippen LogP contribution in [0.15, 0.2) is 36.7 Å². The van der Waals surface area contributed by atoms with Crippen LogP contribution in [0.4, 0.5) is 11.6 Å². The standard InChI is InChI=1S/C24H31N5O/c1-18-17-29(21-4-2-3-5-21)23-22(18)16-25-24(27-23)26-20-8-6-19(7-9-20)10-11-28-12-14-30-15-13-28/h6-9,16-17,21H,2-5,10-15H2,1H3,(H,25,26,27). The van der Waals surface area contributed by atoms with E-state index in [1.807, 2.05) is 6.20 Å².